The lowest BCUT2D eigenvalue weighted by molar-refractivity contribution is -0.123. The molecule has 0 atom stereocenters. The zero-order valence-corrected chi connectivity index (χ0v) is 11.6. The summed E-state index contributed by atoms with van der Waals surface area (Å²) in [5.41, 5.74) is 3.47. The van der Waals surface area contributed by atoms with E-state index >= 15 is 0 Å². The minimum absolute atomic E-state index is 0.174. The molecule has 1 amide bonds. The van der Waals surface area contributed by atoms with E-state index in [9.17, 15) is 9.18 Å². The first-order valence-corrected chi connectivity index (χ1v) is 6.77. The van der Waals surface area contributed by atoms with Crippen molar-refractivity contribution in [2.45, 2.75) is 6.92 Å². The Labute approximate surface area is 119 Å². The van der Waals surface area contributed by atoms with Crippen molar-refractivity contribution in [3.63, 3.8) is 0 Å². The van der Waals surface area contributed by atoms with Gasteiger partial charge in [0.2, 0.25) is 0 Å². The minimum Gasteiger partial charge on any atom is -0.484 e. The van der Waals surface area contributed by atoms with E-state index in [0.29, 0.717) is 5.75 Å². The molecule has 6 heteroatoms. The van der Waals surface area contributed by atoms with E-state index in [1.165, 1.54) is 24.3 Å². The average molecular weight is 292 g/mol. The van der Waals surface area contributed by atoms with Crippen molar-refractivity contribution in [1.82, 2.24) is 5.43 Å². The smallest absolute Gasteiger partial charge is 0.277 e. The van der Waals surface area contributed by atoms with Crippen molar-refractivity contribution in [1.29, 1.82) is 0 Å². The molecule has 0 radical (unpaired) electrons. The SMILES string of the molecule is Cc1ccsc1/C=N/NC(=O)COc1ccc(F)cc1. The largest absolute Gasteiger partial charge is 0.484 e. The molecule has 1 aromatic carbocycles. The Morgan fingerprint density at radius 1 is 1.40 bits per heavy atom. The average Bonchev–Trinajstić information content (AvgIpc) is 2.84. The molecule has 4 nitrogen and oxygen atoms in total. The molecule has 0 unspecified atom stereocenters. The van der Waals surface area contributed by atoms with Gasteiger partial charge in [0, 0.05) is 4.88 Å². The number of benzene rings is 1. The van der Waals surface area contributed by atoms with Crippen molar-refractivity contribution >= 4 is 23.5 Å². The third-order valence-electron chi connectivity index (χ3n) is 2.46. The summed E-state index contributed by atoms with van der Waals surface area (Å²) >= 11 is 1.55. The van der Waals surface area contributed by atoms with Gasteiger partial charge in [0.05, 0.1) is 6.21 Å². The molecule has 2 aromatic rings. The zero-order valence-electron chi connectivity index (χ0n) is 10.8. The number of hydrazone groups is 1. The first-order chi connectivity index (χ1) is 9.65. The van der Waals surface area contributed by atoms with Crippen molar-refractivity contribution in [3.8, 4) is 5.75 Å². The molecule has 2 rings (SSSR count). The topological polar surface area (TPSA) is 50.7 Å². The highest BCUT2D eigenvalue weighted by Gasteiger charge is 2.02. The van der Waals surface area contributed by atoms with Gasteiger partial charge in [-0.15, -0.1) is 11.3 Å². The van der Waals surface area contributed by atoms with Gasteiger partial charge in [-0.1, -0.05) is 0 Å². The van der Waals surface area contributed by atoms with Gasteiger partial charge in [-0.3, -0.25) is 4.79 Å². The Kier molecular flexibility index (Phi) is 4.84. The second-order valence-electron chi connectivity index (χ2n) is 4.00. The third-order valence-corrected chi connectivity index (χ3v) is 3.41. The fraction of sp³-hybridized carbons (Fsp3) is 0.143. The Morgan fingerprint density at radius 2 is 2.15 bits per heavy atom. The van der Waals surface area contributed by atoms with Crippen LogP contribution in [0.2, 0.25) is 0 Å². The molecule has 0 bridgehead atoms. The number of hydrogen-bond donors (Lipinski definition) is 1. The molecule has 104 valence electrons. The Bertz CT molecular complexity index is 608. The summed E-state index contributed by atoms with van der Waals surface area (Å²) in [5, 5.41) is 5.80. The van der Waals surface area contributed by atoms with Gasteiger partial charge < -0.3 is 4.74 Å². The molecule has 20 heavy (non-hydrogen) atoms. The van der Waals surface area contributed by atoms with Crippen molar-refractivity contribution in [2.75, 3.05) is 6.61 Å². The zero-order chi connectivity index (χ0) is 14.4. The highest BCUT2D eigenvalue weighted by Crippen LogP contribution is 2.12. The van der Waals surface area contributed by atoms with Crippen molar-refractivity contribution in [3.05, 3.63) is 52.0 Å². The monoisotopic (exact) mass is 292 g/mol. The Balaban J connectivity index is 1.77. The van der Waals surface area contributed by atoms with Gasteiger partial charge in [-0.25, -0.2) is 9.82 Å². The molecule has 0 spiro atoms. The third kappa shape index (κ3) is 4.17. The summed E-state index contributed by atoms with van der Waals surface area (Å²) in [5.74, 6) is -0.294. The number of halogens is 1. The van der Waals surface area contributed by atoms with Crippen LogP contribution in [-0.4, -0.2) is 18.7 Å². The molecule has 1 N–H and O–H groups in total. The molecule has 0 aliphatic rings. The number of hydrogen-bond acceptors (Lipinski definition) is 4. The van der Waals surface area contributed by atoms with Gasteiger partial charge in [0.25, 0.3) is 5.91 Å². The summed E-state index contributed by atoms with van der Waals surface area (Å²) < 4.78 is 17.9. The fourth-order valence-corrected chi connectivity index (χ4v) is 2.18. The van der Waals surface area contributed by atoms with Gasteiger partial charge in [0.15, 0.2) is 6.61 Å². The lowest BCUT2D eigenvalue weighted by atomic mass is 10.3. The summed E-state index contributed by atoms with van der Waals surface area (Å²) in [6, 6.07) is 7.43. The summed E-state index contributed by atoms with van der Waals surface area (Å²) in [7, 11) is 0. The molecule has 0 aliphatic heterocycles. The van der Waals surface area contributed by atoms with E-state index in [0.717, 1.165) is 10.4 Å². The highest BCUT2D eigenvalue weighted by molar-refractivity contribution is 7.11. The maximum absolute atomic E-state index is 12.7. The number of carbonyl (C=O) groups is 1. The predicted molar refractivity (Wildman–Crippen MR) is 76.7 cm³/mol. The molecule has 0 fully saturated rings. The molecule has 1 aromatic heterocycles. The quantitative estimate of drug-likeness (QED) is 0.680. The second-order valence-corrected chi connectivity index (χ2v) is 4.95. The number of nitrogens with zero attached hydrogens (tertiary/aromatic N) is 1. The lowest BCUT2D eigenvalue weighted by Crippen LogP contribution is -2.24. The van der Waals surface area contributed by atoms with Crippen LogP contribution in [-0.2, 0) is 4.79 Å². The summed E-state index contributed by atoms with van der Waals surface area (Å²) in [6.45, 7) is 1.80. The van der Waals surface area contributed by atoms with Crippen LogP contribution in [0.3, 0.4) is 0 Å². The number of ether oxygens (including phenoxy) is 1. The fourth-order valence-electron chi connectivity index (χ4n) is 1.39. The van der Waals surface area contributed by atoms with Crippen LogP contribution in [0.1, 0.15) is 10.4 Å². The molecule has 0 aliphatic carbocycles. The summed E-state index contributed by atoms with van der Waals surface area (Å²) in [4.78, 5) is 12.5. The van der Waals surface area contributed by atoms with Crippen LogP contribution >= 0.6 is 11.3 Å². The number of nitrogens with one attached hydrogen (secondary N) is 1. The Hall–Kier alpha value is -2.21. The van der Waals surface area contributed by atoms with E-state index < -0.39 is 0 Å². The van der Waals surface area contributed by atoms with Crippen LogP contribution in [0.15, 0.2) is 40.8 Å². The van der Waals surface area contributed by atoms with E-state index in [-0.39, 0.29) is 18.3 Å². The number of aryl methyl sites for hydroxylation is 1. The van der Waals surface area contributed by atoms with Crippen LogP contribution in [0.25, 0.3) is 0 Å². The second kappa shape index (κ2) is 6.81. The summed E-state index contributed by atoms with van der Waals surface area (Å²) in [6.07, 6.45) is 1.59. The van der Waals surface area contributed by atoms with Crippen molar-refractivity contribution < 1.29 is 13.9 Å². The molecule has 0 saturated carbocycles. The van der Waals surface area contributed by atoms with Gasteiger partial charge in [-0.05, 0) is 48.2 Å². The number of rotatable bonds is 5. The van der Waals surface area contributed by atoms with E-state index in [4.69, 9.17) is 4.74 Å². The number of carbonyl (C=O) groups excluding carboxylic acids is 1. The normalized spacial score (nSPS) is 10.7. The Morgan fingerprint density at radius 3 is 2.80 bits per heavy atom. The highest BCUT2D eigenvalue weighted by atomic mass is 32.1. The van der Waals surface area contributed by atoms with Gasteiger partial charge in [0.1, 0.15) is 11.6 Å². The maximum Gasteiger partial charge on any atom is 0.277 e. The lowest BCUT2D eigenvalue weighted by Gasteiger charge is -2.04. The van der Waals surface area contributed by atoms with E-state index in [1.807, 2.05) is 18.4 Å². The van der Waals surface area contributed by atoms with E-state index in [2.05, 4.69) is 10.5 Å². The standard InChI is InChI=1S/C14H13FN2O2S/c1-10-6-7-20-13(10)8-16-17-14(18)9-19-12-4-2-11(15)3-5-12/h2-8H,9H2,1H3,(H,17,18)/b16-8+. The predicted octanol–water partition coefficient (Wildman–Crippen LogP) is 2.72. The van der Waals surface area contributed by atoms with E-state index in [1.54, 1.807) is 17.6 Å². The van der Waals surface area contributed by atoms with Gasteiger partial charge >= 0.3 is 0 Å². The minimum atomic E-state index is -0.375. The molecule has 0 saturated heterocycles. The molecular weight excluding hydrogens is 279 g/mol. The number of thiophene rings is 1. The van der Waals surface area contributed by atoms with Crippen LogP contribution in [0, 0.1) is 12.7 Å². The first kappa shape index (κ1) is 14.2. The van der Waals surface area contributed by atoms with Gasteiger partial charge in [-0.2, -0.15) is 5.10 Å². The van der Waals surface area contributed by atoms with Crippen LogP contribution in [0.5, 0.6) is 5.75 Å². The van der Waals surface area contributed by atoms with Crippen LogP contribution in [0.4, 0.5) is 4.39 Å². The van der Waals surface area contributed by atoms with Crippen LogP contribution < -0.4 is 10.2 Å². The molecular formula is C14H13FN2O2S. The molecule has 1 heterocycles. The maximum atomic E-state index is 12.7. The number of amides is 1. The van der Waals surface area contributed by atoms with Crippen molar-refractivity contribution in [2.24, 2.45) is 5.10 Å². The first-order valence-electron chi connectivity index (χ1n) is 5.89.